The molecule has 0 aliphatic carbocycles. The summed E-state index contributed by atoms with van der Waals surface area (Å²) in [6, 6.07) is 13.5. The fourth-order valence-corrected chi connectivity index (χ4v) is 2.76. The van der Waals surface area contributed by atoms with Gasteiger partial charge in [-0.25, -0.2) is 15.0 Å². The zero-order valence-electron chi connectivity index (χ0n) is 16.6. The average Bonchev–Trinajstić information content (AvgIpc) is 3.26. The number of aliphatic hydroxyl groups is 1. The summed E-state index contributed by atoms with van der Waals surface area (Å²) in [5.74, 6) is 1.45. The summed E-state index contributed by atoms with van der Waals surface area (Å²) in [4.78, 5) is 13.0. The van der Waals surface area contributed by atoms with E-state index in [0.717, 1.165) is 23.5 Å². The molecule has 0 saturated carbocycles. The lowest BCUT2D eigenvalue weighted by Crippen LogP contribution is -2.44. The number of pyridine rings is 1. The van der Waals surface area contributed by atoms with Crippen LogP contribution in [-0.2, 0) is 12.1 Å². The minimum atomic E-state index is -0.997. The topological polar surface area (TPSA) is 87.4 Å². The van der Waals surface area contributed by atoms with E-state index in [9.17, 15) is 5.11 Å². The van der Waals surface area contributed by atoms with Gasteiger partial charge >= 0.3 is 0 Å². The molecule has 1 atom stereocenters. The maximum atomic E-state index is 10.8. The Morgan fingerprint density at radius 1 is 1.17 bits per heavy atom. The van der Waals surface area contributed by atoms with Crippen molar-refractivity contribution >= 4 is 29.9 Å². The number of nitrogens with one attached hydrogen (secondary N) is 2. The predicted octanol–water partition coefficient (Wildman–Crippen LogP) is 2.85. The second-order valence-electron chi connectivity index (χ2n) is 6.68. The summed E-state index contributed by atoms with van der Waals surface area (Å²) in [5, 5.41) is 17.2. The second kappa shape index (κ2) is 10.9. The number of rotatable bonds is 7. The van der Waals surface area contributed by atoms with E-state index in [1.807, 2.05) is 60.2 Å². The highest BCUT2D eigenvalue weighted by Gasteiger charge is 2.22. The molecule has 2 aromatic heterocycles. The van der Waals surface area contributed by atoms with Crippen molar-refractivity contribution in [1.29, 1.82) is 0 Å². The van der Waals surface area contributed by atoms with Crippen LogP contribution in [0.3, 0.4) is 0 Å². The largest absolute Gasteiger partial charge is 0.384 e. The average molecular weight is 506 g/mol. The monoisotopic (exact) mass is 506 g/mol. The van der Waals surface area contributed by atoms with Gasteiger partial charge in [-0.15, -0.1) is 24.0 Å². The van der Waals surface area contributed by atoms with Gasteiger partial charge in [0.25, 0.3) is 0 Å². The smallest absolute Gasteiger partial charge is 0.191 e. The van der Waals surface area contributed by atoms with Gasteiger partial charge in [0, 0.05) is 25.1 Å². The van der Waals surface area contributed by atoms with Crippen LogP contribution in [0, 0.1) is 0 Å². The van der Waals surface area contributed by atoms with Crippen molar-refractivity contribution in [3.63, 3.8) is 0 Å². The van der Waals surface area contributed by atoms with Gasteiger partial charge in [-0.3, -0.25) is 4.57 Å². The van der Waals surface area contributed by atoms with E-state index in [4.69, 9.17) is 0 Å². The summed E-state index contributed by atoms with van der Waals surface area (Å²) < 4.78 is 1.85. The van der Waals surface area contributed by atoms with Crippen LogP contribution in [0.1, 0.15) is 25.0 Å². The third-order valence-corrected chi connectivity index (χ3v) is 4.34. The van der Waals surface area contributed by atoms with Crippen LogP contribution >= 0.6 is 24.0 Å². The molecule has 2 heterocycles. The van der Waals surface area contributed by atoms with Gasteiger partial charge in [0.2, 0.25) is 0 Å². The van der Waals surface area contributed by atoms with Crippen molar-refractivity contribution in [2.24, 2.45) is 4.99 Å². The van der Waals surface area contributed by atoms with Crippen molar-refractivity contribution in [2.75, 3.05) is 13.1 Å². The highest BCUT2D eigenvalue weighted by Crippen LogP contribution is 2.18. The Labute approximate surface area is 188 Å². The predicted molar refractivity (Wildman–Crippen MR) is 126 cm³/mol. The minimum absolute atomic E-state index is 0. The van der Waals surface area contributed by atoms with Gasteiger partial charge in [0.1, 0.15) is 17.7 Å². The van der Waals surface area contributed by atoms with Gasteiger partial charge in [-0.2, -0.15) is 0 Å². The van der Waals surface area contributed by atoms with Gasteiger partial charge in [-0.1, -0.05) is 30.3 Å². The summed E-state index contributed by atoms with van der Waals surface area (Å²) in [6.45, 7) is 5.37. The Hall–Kier alpha value is -2.46. The van der Waals surface area contributed by atoms with E-state index < -0.39 is 5.60 Å². The molecule has 0 radical (unpaired) electrons. The normalized spacial score (nSPS) is 13.3. The maximum Gasteiger partial charge on any atom is 0.191 e. The molecule has 1 unspecified atom stereocenters. The number of guanidine groups is 1. The number of hydrogen-bond acceptors (Lipinski definition) is 4. The first-order valence-corrected chi connectivity index (χ1v) is 9.32. The molecule has 0 spiro atoms. The van der Waals surface area contributed by atoms with Crippen molar-refractivity contribution in [3.8, 4) is 5.82 Å². The molecule has 3 rings (SSSR count). The van der Waals surface area contributed by atoms with Crippen LogP contribution < -0.4 is 10.6 Å². The Balaban J connectivity index is 0.00000300. The lowest BCUT2D eigenvalue weighted by molar-refractivity contribution is 0.0617. The van der Waals surface area contributed by atoms with Crippen LogP contribution in [0.2, 0.25) is 0 Å². The molecule has 154 valence electrons. The molecular weight excluding hydrogens is 479 g/mol. The van der Waals surface area contributed by atoms with Crippen LogP contribution in [0.5, 0.6) is 0 Å². The molecule has 29 heavy (non-hydrogen) atoms. The van der Waals surface area contributed by atoms with E-state index in [-0.39, 0.29) is 24.0 Å². The van der Waals surface area contributed by atoms with E-state index in [1.165, 1.54) is 0 Å². The maximum absolute atomic E-state index is 10.8. The first kappa shape index (κ1) is 22.8. The van der Waals surface area contributed by atoms with E-state index in [2.05, 4.69) is 25.6 Å². The summed E-state index contributed by atoms with van der Waals surface area (Å²) in [5.41, 5.74) is 0.895. The molecule has 3 N–H and O–H groups in total. The zero-order chi connectivity index (χ0) is 19.8. The number of aromatic nitrogens is 3. The lowest BCUT2D eigenvalue weighted by atomic mass is 9.96. The van der Waals surface area contributed by atoms with Crippen LogP contribution in [-0.4, -0.2) is 38.7 Å². The Morgan fingerprint density at radius 3 is 2.66 bits per heavy atom. The molecule has 0 bridgehead atoms. The molecular formula is C21H27IN6O. The van der Waals surface area contributed by atoms with Crippen LogP contribution in [0.4, 0.5) is 0 Å². The molecule has 1 aromatic carbocycles. The SMILES string of the molecule is CCNC(=NCc1ccnc(-n2ccnc2)c1)NCC(C)(O)c1ccccc1.I. The molecule has 0 amide bonds. The Bertz CT molecular complexity index is 897. The van der Waals surface area contributed by atoms with E-state index in [0.29, 0.717) is 19.0 Å². The first-order valence-electron chi connectivity index (χ1n) is 9.32. The molecule has 0 saturated heterocycles. The van der Waals surface area contributed by atoms with Crippen molar-refractivity contribution in [3.05, 3.63) is 78.5 Å². The number of imidazole rings is 1. The number of hydrogen-bond donors (Lipinski definition) is 3. The lowest BCUT2D eigenvalue weighted by Gasteiger charge is -2.25. The van der Waals surface area contributed by atoms with Gasteiger partial charge in [-0.05, 0) is 37.1 Å². The molecule has 3 aromatic rings. The number of halogens is 1. The second-order valence-corrected chi connectivity index (χ2v) is 6.68. The van der Waals surface area contributed by atoms with Gasteiger partial charge in [0.05, 0.1) is 13.1 Å². The summed E-state index contributed by atoms with van der Waals surface area (Å²) >= 11 is 0. The Kier molecular flexibility index (Phi) is 8.59. The molecule has 0 fully saturated rings. The fraction of sp³-hybridized carbons (Fsp3) is 0.286. The van der Waals surface area contributed by atoms with Gasteiger partial charge in [0.15, 0.2) is 5.96 Å². The number of aliphatic imine (C=N–C) groups is 1. The van der Waals surface area contributed by atoms with Crippen molar-refractivity contribution < 1.29 is 5.11 Å². The highest BCUT2D eigenvalue weighted by molar-refractivity contribution is 14.0. The standard InChI is InChI=1S/C21H26N6O.HI/c1-3-23-20(26-15-21(2,28)18-7-5-4-6-8-18)25-14-17-9-10-24-19(13-17)27-12-11-22-16-27;/h4-13,16,28H,3,14-15H2,1-2H3,(H2,23,25,26);1H. The van der Waals surface area contributed by atoms with Gasteiger partial charge < -0.3 is 15.7 Å². The summed E-state index contributed by atoms with van der Waals surface area (Å²) in [7, 11) is 0. The molecule has 0 aliphatic heterocycles. The summed E-state index contributed by atoms with van der Waals surface area (Å²) in [6.07, 6.45) is 7.05. The third kappa shape index (κ3) is 6.53. The van der Waals surface area contributed by atoms with E-state index in [1.54, 1.807) is 25.6 Å². The number of nitrogens with zero attached hydrogens (tertiary/aromatic N) is 4. The molecule has 8 heteroatoms. The first-order chi connectivity index (χ1) is 13.6. The molecule has 0 aliphatic rings. The Morgan fingerprint density at radius 2 is 1.97 bits per heavy atom. The highest BCUT2D eigenvalue weighted by atomic mass is 127. The quantitative estimate of drug-likeness (QED) is 0.261. The number of benzene rings is 1. The van der Waals surface area contributed by atoms with Crippen LogP contribution in [0.15, 0.2) is 72.4 Å². The van der Waals surface area contributed by atoms with Crippen molar-refractivity contribution in [1.82, 2.24) is 25.2 Å². The zero-order valence-corrected chi connectivity index (χ0v) is 18.9. The van der Waals surface area contributed by atoms with E-state index >= 15 is 0 Å². The van der Waals surface area contributed by atoms with Crippen LogP contribution in [0.25, 0.3) is 5.82 Å². The third-order valence-electron chi connectivity index (χ3n) is 4.34. The minimum Gasteiger partial charge on any atom is -0.384 e. The van der Waals surface area contributed by atoms with Crippen molar-refractivity contribution in [2.45, 2.75) is 26.0 Å². The molecule has 7 nitrogen and oxygen atoms in total. The fourth-order valence-electron chi connectivity index (χ4n) is 2.76.